The molecule has 5 nitrogen and oxygen atoms in total. The Morgan fingerprint density at radius 1 is 1.44 bits per heavy atom. The Morgan fingerprint density at radius 3 is 2.39 bits per heavy atom. The van der Waals surface area contributed by atoms with Gasteiger partial charge in [-0.05, 0) is 6.92 Å². The van der Waals surface area contributed by atoms with Crippen LogP contribution in [0.3, 0.4) is 0 Å². The lowest BCUT2D eigenvalue weighted by Crippen LogP contribution is -2.07. The van der Waals surface area contributed by atoms with Crippen molar-refractivity contribution in [3.63, 3.8) is 0 Å². The van der Waals surface area contributed by atoms with Crippen LogP contribution in [0, 0.1) is 0 Å². The van der Waals surface area contributed by atoms with Crippen LogP contribution in [0.4, 0.5) is 10.7 Å². The number of carbonyl (C=O) groups excluding carboxylic acids is 1. The zero-order valence-corrected chi connectivity index (χ0v) is 12.2. The number of hydrogen-bond donors (Lipinski definition) is 2. The number of anilines is 2. The minimum Gasteiger partial charge on any atom is -0.396 e. The molecule has 100 valence electrons. The number of nitrogens with one attached hydrogen (secondary N) is 1. The molecule has 0 radical (unpaired) electrons. The minimum absolute atomic E-state index is 0.000972. The summed E-state index contributed by atoms with van der Waals surface area (Å²) in [6, 6.07) is 0. The van der Waals surface area contributed by atoms with Gasteiger partial charge in [0.15, 0.2) is 15.6 Å². The minimum atomic E-state index is -3.48. The van der Waals surface area contributed by atoms with E-state index >= 15 is 0 Å². The first kappa shape index (κ1) is 14.7. The maximum Gasteiger partial charge on any atom is 0.180 e. The van der Waals surface area contributed by atoms with Crippen LogP contribution in [-0.2, 0) is 9.84 Å². The molecule has 0 atom stereocenters. The fraction of sp³-hybridized carbons (Fsp3) is 0.364. The summed E-state index contributed by atoms with van der Waals surface area (Å²) in [5.41, 5.74) is 6.63. The molecule has 0 amide bonds. The Labute approximate surface area is 111 Å². The van der Waals surface area contributed by atoms with Crippen molar-refractivity contribution < 1.29 is 13.2 Å². The van der Waals surface area contributed by atoms with Crippen molar-refractivity contribution in [3.8, 4) is 0 Å². The zero-order chi connectivity index (χ0) is 14.1. The topological polar surface area (TPSA) is 89.3 Å². The van der Waals surface area contributed by atoms with E-state index in [1.165, 1.54) is 6.92 Å². The molecular weight excluding hydrogens is 272 g/mol. The van der Waals surface area contributed by atoms with Crippen molar-refractivity contribution >= 4 is 37.6 Å². The highest BCUT2D eigenvalue weighted by Gasteiger charge is 2.25. The van der Waals surface area contributed by atoms with Crippen molar-refractivity contribution in [1.82, 2.24) is 0 Å². The van der Waals surface area contributed by atoms with E-state index < -0.39 is 9.84 Å². The number of nitrogens with two attached hydrogens (primary N) is 1. The second kappa shape index (κ2) is 5.11. The van der Waals surface area contributed by atoms with Gasteiger partial charge in [0.1, 0.15) is 9.90 Å². The molecule has 0 aliphatic carbocycles. The standard InChI is InChI=1S/C11H16N2O3S2/c1-6(2)5-13-11-10(18(4,15)16)8(12)9(17-11)7(3)14/h13H,1,5,12H2,2-4H3. The number of nitrogen functional groups attached to an aromatic ring is 1. The highest BCUT2D eigenvalue weighted by Crippen LogP contribution is 2.39. The van der Waals surface area contributed by atoms with Gasteiger partial charge in [0, 0.05) is 19.7 Å². The van der Waals surface area contributed by atoms with Crippen molar-refractivity contribution in [3.05, 3.63) is 17.0 Å². The van der Waals surface area contributed by atoms with Gasteiger partial charge in [0.25, 0.3) is 0 Å². The van der Waals surface area contributed by atoms with E-state index in [1.54, 1.807) is 0 Å². The van der Waals surface area contributed by atoms with Gasteiger partial charge >= 0.3 is 0 Å². The van der Waals surface area contributed by atoms with Crippen molar-refractivity contribution in [1.29, 1.82) is 0 Å². The summed E-state index contributed by atoms with van der Waals surface area (Å²) in [5, 5.41) is 3.33. The Bertz CT molecular complexity index is 600. The molecule has 0 aliphatic heterocycles. The summed E-state index contributed by atoms with van der Waals surface area (Å²) in [6.07, 6.45) is 1.07. The number of rotatable bonds is 5. The fourth-order valence-corrected chi connectivity index (χ4v) is 3.87. The van der Waals surface area contributed by atoms with Crippen molar-refractivity contribution in [2.45, 2.75) is 18.7 Å². The van der Waals surface area contributed by atoms with Crippen LogP contribution in [0.25, 0.3) is 0 Å². The summed E-state index contributed by atoms with van der Waals surface area (Å²) >= 11 is 1.06. The Morgan fingerprint density at radius 2 is 2.00 bits per heavy atom. The molecule has 0 aromatic carbocycles. The lowest BCUT2D eigenvalue weighted by Gasteiger charge is -2.06. The molecule has 1 rings (SSSR count). The van der Waals surface area contributed by atoms with Crippen LogP contribution < -0.4 is 11.1 Å². The zero-order valence-electron chi connectivity index (χ0n) is 10.5. The van der Waals surface area contributed by atoms with Gasteiger partial charge in [-0.3, -0.25) is 4.79 Å². The number of carbonyl (C=O) groups is 1. The molecule has 0 aliphatic rings. The summed E-state index contributed by atoms with van der Waals surface area (Å²) in [7, 11) is -3.48. The molecule has 1 heterocycles. The fourth-order valence-electron chi connectivity index (χ4n) is 1.41. The van der Waals surface area contributed by atoms with Gasteiger partial charge in [-0.1, -0.05) is 12.2 Å². The molecular formula is C11H16N2O3S2. The van der Waals surface area contributed by atoms with Gasteiger partial charge in [-0.2, -0.15) is 0 Å². The molecule has 0 saturated carbocycles. The quantitative estimate of drug-likeness (QED) is 0.638. The highest BCUT2D eigenvalue weighted by molar-refractivity contribution is 7.91. The number of ketones is 1. The van der Waals surface area contributed by atoms with Gasteiger partial charge in [-0.15, -0.1) is 11.3 Å². The Hall–Kier alpha value is -1.34. The van der Waals surface area contributed by atoms with Crippen molar-refractivity contribution in [2.24, 2.45) is 0 Å². The number of thiophene rings is 1. The lowest BCUT2D eigenvalue weighted by atomic mass is 10.3. The highest BCUT2D eigenvalue weighted by atomic mass is 32.2. The van der Waals surface area contributed by atoms with E-state index in [0.717, 1.165) is 23.2 Å². The third-order valence-electron chi connectivity index (χ3n) is 2.14. The first-order valence-corrected chi connectivity index (χ1v) is 7.87. The summed E-state index contributed by atoms with van der Waals surface area (Å²) in [6.45, 7) is 7.32. The SMILES string of the molecule is C=C(C)CNc1sc(C(C)=O)c(N)c1S(C)(=O)=O. The van der Waals surface area contributed by atoms with Gasteiger partial charge in [-0.25, -0.2) is 8.42 Å². The van der Waals surface area contributed by atoms with Gasteiger partial charge in [0.05, 0.1) is 10.6 Å². The van der Waals surface area contributed by atoms with Crippen LogP contribution in [0.2, 0.25) is 0 Å². The number of sulfone groups is 1. The Kier molecular flexibility index (Phi) is 4.18. The second-order valence-corrected chi connectivity index (χ2v) is 7.12. The van der Waals surface area contributed by atoms with Gasteiger partial charge < -0.3 is 11.1 Å². The van der Waals surface area contributed by atoms with Crippen LogP contribution in [0.15, 0.2) is 17.0 Å². The average molecular weight is 288 g/mol. The van der Waals surface area contributed by atoms with Crippen molar-refractivity contribution in [2.75, 3.05) is 23.9 Å². The summed E-state index contributed by atoms with van der Waals surface area (Å²) in [4.78, 5) is 11.6. The number of Topliss-reactive ketones (excluding diaryl/α,β-unsaturated/α-hetero) is 1. The molecule has 0 fully saturated rings. The van der Waals surface area contributed by atoms with Crippen LogP contribution in [-0.4, -0.2) is 27.0 Å². The van der Waals surface area contributed by atoms with Crippen LogP contribution in [0.5, 0.6) is 0 Å². The van der Waals surface area contributed by atoms with E-state index in [4.69, 9.17) is 5.73 Å². The smallest absolute Gasteiger partial charge is 0.180 e. The summed E-state index contributed by atoms with van der Waals surface area (Å²) in [5.74, 6) is -0.245. The third kappa shape index (κ3) is 3.11. The molecule has 3 N–H and O–H groups in total. The van der Waals surface area contributed by atoms with E-state index in [2.05, 4.69) is 11.9 Å². The largest absolute Gasteiger partial charge is 0.396 e. The van der Waals surface area contributed by atoms with E-state index in [0.29, 0.717) is 11.5 Å². The van der Waals surface area contributed by atoms with Crippen LogP contribution >= 0.6 is 11.3 Å². The third-order valence-corrected chi connectivity index (χ3v) is 4.70. The second-order valence-electron chi connectivity index (χ2n) is 4.14. The molecule has 1 aromatic heterocycles. The molecule has 7 heteroatoms. The van der Waals surface area contributed by atoms with Crippen LogP contribution in [0.1, 0.15) is 23.5 Å². The van der Waals surface area contributed by atoms with E-state index in [-0.39, 0.29) is 21.2 Å². The normalized spacial score (nSPS) is 11.3. The predicted octanol–water partition coefficient (Wildman–Crippen LogP) is 1.92. The molecule has 1 aromatic rings. The Balaban J connectivity index is 3.36. The molecule has 0 bridgehead atoms. The molecule has 0 spiro atoms. The summed E-state index contributed by atoms with van der Waals surface area (Å²) < 4.78 is 23.4. The lowest BCUT2D eigenvalue weighted by molar-refractivity contribution is 0.102. The molecule has 18 heavy (non-hydrogen) atoms. The predicted molar refractivity (Wildman–Crippen MR) is 75.1 cm³/mol. The monoisotopic (exact) mass is 288 g/mol. The van der Waals surface area contributed by atoms with E-state index in [9.17, 15) is 13.2 Å². The van der Waals surface area contributed by atoms with Gasteiger partial charge in [0.2, 0.25) is 0 Å². The first-order valence-electron chi connectivity index (χ1n) is 5.16. The molecule has 0 unspecified atom stereocenters. The number of hydrogen-bond acceptors (Lipinski definition) is 6. The van der Waals surface area contributed by atoms with E-state index in [1.807, 2.05) is 6.92 Å². The maximum absolute atomic E-state index is 11.7. The average Bonchev–Trinajstić information content (AvgIpc) is 2.51. The molecule has 0 saturated heterocycles. The first-order chi connectivity index (χ1) is 8.14. The maximum atomic E-state index is 11.7.